The van der Waals surface area contributed by atoms with Crippen LogP contribution in [0.25, 0.3) is 21.8 Å². The minimum atomic E-state index is -3.93. The summed E-state index contributed by atoms with van der Waals surface area (Å²) in [4.78, 5) is 27.3. The van der Waals surface area contributed by atoms with Crippen molar-refractivity contribution in [3.63, 3.8) is 0 Å². The van der Waals surface area contributed by atoms with E-state index in [9.17, 15) is 23.3 Å². The van der Waals surface area contributed by atoms with Crippen LogP contribution in [-0.4, -0.2) is 24.2 Å². The number of non-ortho nitro benzene ring substituents is 1. The number of nitro benzene ring substituents is 1. The number of carbonyl (C=O) groups excluding carboxylic acids is 1. The lowest BCUT2D eigenvalue weighted by atomic mass is 10.1. The average Bonchev–Trinajstić information content (AvgIpc) is 2.96. The van der Waals surface area contributed by atoms with E-state index in [1.165, 1.54) is 36.4 Å². The monoisotopic (exact) mass is 552 g/mol. The van der Waals surface area contributed by atoms with E-state index < -0.39 is 20.9 Å². The third kappa shape index (κ3) is 5.31. The van der Waals surface area contributed by atoms with E-state index in [1.807, 2.05) is 24.3 Å². The van der Waals surface area contributed by atoms with E-state index in [-0.39, 0.29) is 16.1 Å². The lowest BCUT2D eigenvalue weighted by Gasteiger charge is -2.14. The zero-order valence-electron chi connectivity index (χ0n) is 20.6. The predicted molar refractivity (Wildman–Crippen MR) is 152 cm³/mol. The highest BCUT2D eigenvalue weighted by Crippen LogP contribution is 2.35. The highest BCUT2D eigenvalue weighted by Gasteiger charge is 2.16. The molecule has 0 spiro atoms. The number of para-hydroxylation sites is 1. The number of nitrogens with two attached hydrogens (primary N) is 1. The van der Waals surface area contributed by atoms with Gasteiger partial charge in [-0.05, 0) is 60.7 Å². The Kier molecular flexibility index (Phi) is 6.88. The molecule has 0 unspecified atom stereocenters. The second-order valence-corrected chi connectivity index (χ2v) is 10.2. The number of carbonyl (C=O) groups is 1. The molecule has 12 heteroatoms. The number of nitrogens with zero attached hydrogens (tertiary/aromatic N) is 2. The first-order chi connectivity index (χ1) is 19.2. The summed E-state index contributed by atoms with van der Waals surface area (Å²) in [5.41, 5.74) is 8.02. The standard InChI is InChI=1S/C28H20N6O5S/c29-15-16-30-28(35)18-5-12-22(13-6-18)40(38,39)33-20-9-7-19(8-10-20)31-27-23-3-1-2-4-25(23)32-26-17-21(34(36)37)11-14-24(26)27/h1-14,17,33H,29H2,(H,30,35)(H,31,32). The van der Waals surface area contributed by atoms with Crippen molar-refractivity contribution in [1.82, 2.24) is 10.3 Å². The van der Waals surface area contributed by atoms with Gasteiger partial charge in [0.2, 0.25) is 0 Å². The number of aromatic nitrogens is 1. The van der Waals surface area contributed by atoms with E-state index in [4.69, 9.17) is 5.73 Å². The van der Waals surface area contributed by atoms with Gasteiger partial charge in [0.15, 0.2) is 0 Å². The average molecular weight is 553 g/mol. The molecule has 11 nitrogen and oxygen atoms in total. The zero-order chi connectivity index (χ0) is 28.3. The molecule has 5 N–H and O–H groups in total. The molecule has 1 aromatic heterocycles. The maximum absolute atomic E-state index is 12.9. The topological polar surface area (TPSA) is 169 Å². The van der Waals surface area contributed by atoms with E-state index in [1.54, 1.807) is 30.3 Å². The quantitative estimate of drug-likeness (QED) is 0.0755. The molecule has 4 aromatic carbocycles. The number of nitrogens with one attached hydrogen (secondary N) is 3. The minimum Gasteiger partial charge on any atom is -0.358 e. The van der Waals surface area contributed by atoms with E-state index in [0.717, 1.165) is 5.39 Å². The van der Waals surface area contributed by atoms with Gasteiger partial charge in [-0.15, -0.1) is 0 Å². The van der Waals surface area contributed by atoms with Crippen LogP contribution in [0.3, 0.4) is 0 Å². The molecule has 0 radical (unpaired) electrons. The van der Waals surface area contributed by atoms with Gasteiger partial charge in [-0.3, -0.25) is 24.9 Å². The molecule has 198 valence electrons. The van der Waals surface area contributed by atoms with Crippen molar-refractivity contribution in [1.29, 1.82) is 0 Å². The summed E-state index contributed by atoms with van der Waals surface area (Å²) >= 11 is 0. The van der Waals surface area contributed by atoms with Gasteiger partial charge in [0.25, 0.3) is 21.6 Å². The van der Waals surface area contributed by atoms with Gasteiger partial charge in [0.1, 0.15) is 0 Å². The van der Waals surface area contributed by atoms with Crippen molar-refractivity contribution in [3.8, 4) is 12.1 Å². The van der Waals surface area contributed by atoms with Crippen LogP contribution >= 0.6 is 0 Å². The summed E-state index contributed by atoms with van der Waals surface area (Å²) in [5.74, 6) is -0.508. The highest BCUT2D eigenvalue weighted by molar-refractivity contribution is 7.92. The summed E-state index contributed by atoms with van der Waals surface area (Å²) in [6.45, 7) is 0. The van der Waals surface area contributed by atoms with Gasteiger partial charge >= 0.3 is 0 Å². The lowest BCUT2D eigenvalue weighted by Crippen LogP contribution is -2.18. The van der Waals surface area contributed by atoms with Gasteiger partial charge in [-0.1, -0.05) is 18.2 Å². The Labute approximate surface area is 228 Å². The summed E-state index contributed by atoms with van der Waals surface area (Å²) in [6, 6.07) is 28.2. The van der Waals surface area contributed by atoms with E-state index in [2.05, 4.69) is 32.4 Å². The molecule has 0 aliphatic carbocycles. The summed E-state index contributed by atoms with van der Waals surface area (Å²) in [7, 11) is -3.93. The molecular formula is C28H20N6O5S. The van der Waals surface area contributed by atoms with Crippen molar-refractivity contribution < 1.29 is 18.1 Å². The van der Waals surface area contributed by atoms with Gasteiger partial charge in [-0.2, -0.15) is 0 Å². The molecule has 40 heavy (non-hydrogen) atoms. The first kappa shape index (κ1) is 26.0. The molecule has 0 aliphatic heterocycles. The largest absolute Gasteiger partial charge is 0.358 e. The Morgan fingerprint density at radius 1 is 0.875 bits per heavy atom. The number of hydrogen-bond donors (Lipinski definition) is 4. The number of anilines is 3. The maximum Gasteiger partial charge on any atom is 0.271 e. The van der Waals surface area contributed by atoms with Crippen LogP contribution in [0.1, 0.15) is 10.4 Å². The second-order valence-electron chi connectivity index (χ2n) is 8.52. The first-order valence-electron chi connectivity index (χ1n) is 11.7. The van der Waals surface area contributed by atoms with Crippen molar-refractivity contribution in [2.75, 3.05) is 10.0 Å². The molecule has 1 heterocycles. The van der Waals surface area contributed by atoms with Gasteiger partial charge < -0.3 is 11.1 Å². The number of hydrogen-bond acceptors (Lipinski definition) is 8. The third-order valence-electron chi connectivity index (χ3n) is 5.96. The van der Waals surface area contributed by atoms with Crippen LogP contribution in [0.15, 0.2) is 95.9 Å². The van der Waals surface area contributed by atoms with Crippen LogP contribution in [0.5, 0.6) is 0 Å². The van der Waals surface area contributed by atoms with Crippen molar-refractivity contribution >= 4 is 60.5 Å². The Morgan fingerprint density at radius 2 is 1.55 bits per heavy atom. The number of amides is 1. The fourth-order valence-corrected chi connectivity index (χ4v) is 5.12. The van der Waals surface area contributed by atoms with Crippen LogP contribution < -0.4 is 21.1 Å². The summed E-state index contributed by atoms with van der Waals surface area (Å²) in [5, 5.41) is 18.4. The van der Waals surface area contributed by atoms with Crippen LogP contribution in [0.2, 0.25) is 0 Å². The van der Waals surface area contributed by atoms with Crippen LogP contribution in [0.4, 0.5) is 22.7 Å². The molecule has 0 saturated heterocycles. The molecule has 0 fully saturated rings. The Hall–Kier alpha value is -5.67. The number of sulfonamides is 1. The van der Waals surface area contributed by atoms with Gasteiger partial charge in [0.05, 0.1) is 26.5 Å². The van der Waals surface area contributed by atoms with Crippen molar-refractivity contribution in [2.24, 2.45) is 5.73 Å². The molecule has 0 atom stereocenters. The van der Waals surface area contributed by atoms with E-state index in [0.29, 0.717) is 33.5 Å². The number of fused-ring (bicyclic) bond motifs is 2. The molecule has 5 aromatic rings. The lowest BCUT2D eigenvalue weighted by molar-refractivity contribution is -0.384. The fraction of sp³-hybridized carbons (Fsp3) is 0. The Balaban J connectivity index is 1.39. The summed E-state index contributed by atoms with van der Waals surface area (Å²) in [6.07, 6.45) is 0. The number of nitro groups is 1. The highest BCUT2D eigenvalue weighted by atomic mass is 32.2. The Bertz CT molecular complexity index is 1950. The summed E-state index contributed by atoms with van der Waals surface area (Å²) < 4.78 is 28.3. The maximum atomic E-state index is 12.9. The number of benzene rings is 4. The fourth-order valence-electron chi connectivity index (χ4n) is 4.06. The van der Waals surface area contributed by atoms with Crippen LogP contribution in [0, 0.1) is 22.2 Å². The minimum absolute atomic E-state index is 0.0278. The third-order valence-corrected chi connectivity index (χ3v) is 7.35. The van der Waals surface area contributed by atoms with Crippen molar-refractivity contribution in [2.45, 2.75) is 4.90 Å². The molecule has 0 saturated carbocycles. The molecule has 1 amide bonds. The first-order valence-corrected chi connectivity index (χ1v) is 13.2. The normalized spacial score (nSPS) is 10.9. The van der Waals surface area contributed by atoms with Gasteiger partial charge in [0, 0.05) is 51.9 Å². The predicted octanol–water partition coefficient (Wildman–Crippen LogP) is 4.45. The van der Waals surface area contributed by atoms with Gasteiger partial charge in [-0.25, -0.2) is 13.4 Å². The number of pyridine rings is 1. The second kappa shape index (κ2) is 10.6. The smallest absolute Gasteiger partial charge is 0.271 e. The molecule has 0 bridgehead atoms. The zero-order valence-corrected chi connectivity index (χ0v) is 21.4. The number of rotatable bonds is 7. The van der Waals surface area contributed by atoms with E-state index >= 15 is 0 Å². The SMILES string of the molecule is NC#CNC(=O)c1ccc(S(=O)(=O)Nc2ccc(Nc3c4ccccc4nc4cc([N+](=O)[O-])ccc34)cc2)cc1. The molecule has 5 rings (SSSR count). The van der Waals surface area contributed by atoms with Crippen molar-refractivity contribution in [3.05, 3.63) is 107 Å². The Morgan fingerprint density at radius 3 is 2.25 bits per heavy atom. The van der Waals surface area contributed by atoms with Crippen LogP contribution in [-0.2, 0) is 10.0 Å². The molecule has 0 aliphatic rings. The molecular weight excluding hydrogens is 532 g/mol.